The molecule has 2 rings (SSSR count). The lowest BCUT2D eigenvalue weighted by molar-refractivity contribution is -0.147. The highest BCUT2D eigenvalue weighted by molar-refractivity contribution is 6.09. The molecule has 3 atom stereocenters. The van der Waals surface area contributed by atoms with Gasteiger partial charge in [-0.3, -0.25) is 19.3 Å². The van der Waals surface area contributed by atoms with Gasteiger partial charge in [0, 0.05) is 0 Å². The second kappa shape index (κ2) is 3.86. The van der Waals surface area contributed by atoms with Crippen LogP contribution in [0.4, 0.5) is 0 Å². The number of hydrogen-bond donors (Lipinski definition) is 1. The highest BCUT2D eigenvalue weighted by atomic mass is 16.5. The molecule has 0 aromatic heterocycles. The lowest BCUT2D eigenvalue weighted by atomic mass is 10.3. The maximum atomic E-state index is 11.6. The van der Waals surface area contributed by atoms with E-state index in [0.717, 1.165) is 4.90 Å². The van der Waals surface area contributed by atoms with Gasteiger partial charge in [0.1, 0.15) is 6.04 Å². The summed E-state index contributed by atoms with van der Waals surface area (Å²) >= 11 is 0. The maximum absolute atomic E-state index is 11.6. The average molecular weight is 226 g/mol. The van der Waals surface area contributed by atoms with Crippen molar-refractivity contribution in [3.05, 3.63) is 0 Å². The van der Waals surface area contributed by atoms with Crippen molar-refractivity contribution in [1.29, 1.82) is 0 Å². The van der Waals surface area contributed by atoms with Crippen LogP contribution in [0.15, 0.2) is 0 Å². The third kappa shape index (κ3) is 1.69. The van der Waals surface area contributed by atoms with Gasteiger partial charge in [0.25, 0.3) is 0 Å². The van der Waals surface area contributed by atoms with Crippen LogP contribution in [-0.2, 0) is 19.1 Å². The van der Waals surface area contributed by atoms with Gasteiger partial charge in [-0.1, -0.05) is 0 Å². The first-order chi connectivity index (χ1) is 7.56. The third-order valence-corrected chi connectivity index (χ3v) is 2.93. The summed E-state index contributed by atoms with van der Waals surface area (Å²) in [5.74, 6) is -1.28. The number of rotatable bonds is 4. The van der Waals surface area contributed by atoms with Gasteiger partial charge in [-0.15, -0.1) is 0 Å². The van der Waals surface area contributed by atoms with Crippen LogP contribution < -0.4 is 5.73 Å². The minimum Gasteiger partial charge on any atom is -0.465 e. The lowest BCUT2D eigenvalue weighted by Gasteiger charge is -2.19. The summed E-state index contributed by atoms with van der Waals surface area (Å²) in [4.78, 5) is 35.5. The largest absolute Gasteiger partial charge is 0.465 e. The normalized spacial score (nSPS) is 29.0. The van der Waals surface area contributed by atoms with E-state index in [1.54, 1.807) is 6.92 Å². The number of amides is 2. The molecule has 6 nitrogen and oxygen atoms in total. The van der Waals surface area contributed by atoms with Crippen molar-refractivity contribution < 1.29 is 19.1 Å². The molecule has 16 heavy (non-hydrogen) atoms. The van der Waals surface area contributed by atoms with E-state index in [1.165, 1.54) is 0 Å². The number of nitrogens with zero attached hydrogens (tertiary/aromatic N) is 1. The molecule has 0 bridgehead atoms. The lowest BCUT2D eigenvalue weighted by Crippen LogP contribution is -2.46. The Morgan fingerprint density at radius 3 is 2.56 bits per heavy atom. The highest BCUT2D eigenvalue weighted by Gasteiger charge is 2.59. The molecular weight excluding hydrogens is 212 g/mol. The van der Waals surface area contributed by atoms with Crippen molar-refractivity contribution in [2.75, 3.05) is 13.2 Å². The molecule has 2 fully saturated rings. The molecule has 2 amide bonds. The molecule has 1 aliphatic heterocycles. The Hall–Kier alpha value is -1.43. The van der Waals surface area contributed by atoms with Gasteiger partial charge in [0.2, 0.25) is 11.8 Å². The summed E-state index contributed by atoms with van der Waals surface area (Å²) in [6, 6.07) is -0.939. The zero-order valence-corrected chi connectivity index (χ0v) is 9.01. The van der Waals surface area contributed by atoms with Gasteiger partial charge >= 0.3 is 5.97 Å². The van der Waals surface area contributed by atoms with Crippen molar-refractivity contribution in [3.63, 3.8) is 0 Å². The van der Waals surface area contributed by atoms with Crippen LogP contribution in [0.2, 0.25) is 0 Å². The first kappa shape index (κ1) is 11.1. The van der Waals surface area contributed by atoms with Gasteiger partial charge in [-0.25, -0.2) is 0 Å². The van der Waals surface area contributed by atoms with E-state index in [1.807, 2.05) is 0 Å². The predicted octanol–water partition coefficient (Wildman–Crippen LogP) is -1.12. The van der Waals surface area contributed by atoms with Crippen LogP contribution >= 0.6 is 0 Å². The molecule has 1 aliphatic carbocycles. The molecule has 2 N–H and O–H groups in total. The van der Waals surface area contributed by atoms with E-state index in [0.29, 0.717) is 6.42 Å². The molecule has 0 radical (unpaired) electrons. The number of ether oxygens (including phenoxy) is 1. The third-order valence-electron chi connectivity index (χ3n) is 2.93. The van der Waals surface area contributed by atoms with Crippen molar-refractivity contribution in [2.45, 2.75) is 19.4 Å². The molecule has 0 spiro atoms. The van der Waals surface area contributed by atoms with Crippen LogP contribution in [0.3, 0.4) is 0 Å². The van der Waals surface area contributed by atoms with E-state index in [2.05, 4.69) is 0 Å². The fourth-order valence-electron chi connectivity index (χ4n) is 1.95. The highest BCUT2D eigenvalue weighted by Crippen LogP contribution is 2.46. The number of carbonyl (C=O) groups excluding carboxylic acids is 3. The maximum Gasteiger partial charge on any atom is 0.324 e. The second-order valence-electron chi connectivity index (χ2n) is 4.09. The molecule has 3 unspecified atom stereocenters. The average Bonchev–Trinajstić information content (AvgIpc) is 2.99. The topological polar surface area (TPSA) is 89.7 Å². The monoisotopic (exact) mass is 226 g/mol. The number of carbonyl (C=O) groups is 3. The fourth-order valence-corrected chi connectivity index (χ4v) is 1.95. The number of likely N-dealkylation sites (tertiary alicyclic amines) is 1. The molecule has 1 saturated carbocycles. The Bertz CT molecular complexity index is 335. The summed E-state index contributed by atoms with van der Waals surface area (Å²) < 4.78 is 4.71. The van der Waals surface area contributed by atoms with Gasteiger partial charge in [0.15, 0.2) is 0 Å². The van der Waals surface area contributed by atoms with Crippen LogP contribution in [0.5, 0.6) is 0 Å². The van der Waals surface area contributed by atoms with Crippen molar-refractivity contribution in [1.82, 2.24) is 4.90 Å². The standard InChI is InChI=1S/C10H14N2O4/c1-2-16-10(15)7(11)4-12-8(13)5-3-6(5)9(12)14/h5-7H,2-4,11H2,1H3. The van der Waals surface area contributed by atoms with Crippen molar-refractivity contribution >= 4 is 17.8 Å². The number of piperidine rings is 1. The number of hydrogen-bond acceptors (Lipinski definition) is 5. The zero-order chi connectivity index (χ0) is 11.9. The number of esters is 1. The molecule has 1 heterocycles. The van der Waals surface area contributed by atoms with Gasteiger partial charge in [0.05, 0.1) is 25.0 Å². The van der Waals surface area contributed by atoms with E-state index in [-0.39, 0.29) is 36.8 Å². The summed E-state index contributed by atoms with van der Waals surface area (Å²) in [6.07, 6.45) is 0.656. The van der Waals surface area contributed by atoms with Crippen molar-refractivity contribution in [2.24, 2.45) is 17.6 Å². The van der Waals surface area contributed by atoms with Gasteiger partial charge in [-0.05, 0) is 13.3 Å². The van der Waals surface area contributed by atoms with E-state index in [4.69, 9.17) is 10.5 Å². The number of fused-ring (bicyclic) bond motifs is 1. The smallest absolute Gasteiger partial charge is 0.324 e. The molecule has 0 aromatic rings. The second-order valence-corrected chi connectivity index (χ2v) is 4.09. The Labute approximate surface area is 92.7 Å². The molecule has 6 heteroatoms. The van der Waals surface area contributed by atoms with E-state index >= 15 is 0 Å². The van der Waals surface area contributed by atoms with Crippen LogP contribution in [-0.4, -0.2) is 41.9 Å². The minimum absolute atomic E-state index is 0.0660. The molecule has 1 saturated heterocycles. The fraction of sp³-hybridized carbons (Fsp3) is 0.700. The predicted molar refractivity (Wildman–Crippen MR) is 52.9 cm³/mol. The van der Waals surface area contributed by atoms with E-state index < -0.39 is 12.0 Å². The van der Waals surface area contributed by atoms with Crippen LogP contribution in [0, 0.1) is 11.8 Å². The minimum atomic E-state index is -0.939. The summed E-state index contributed by atoms with van der Waals surface area (Å²) in [6.45, 7) is 1.84. The Morgan fingerprint density at radius 1 is 1.50 bits per heavy atom. The SMILES string of the molecule is CCOC(=O)C(N)CN1C(=O)C2CC2C1=O. The van der Waals surface area contributed by atoms with Crippen LogP contribution in [0.25, 0.3) is 0 Å². The summed E-state index contributed by atoms with van der Waals surface area (Å²) in [7, 11) is 0. The van der Waals surface area contributed by atoms with E-state index in [9.17, 15) is 14.4 Å². The Kier molecular flexibility index (Phi) is 2.67. The van der Waals surface area contributed by atoms with Gasteiger partial charge in [-0.2, -0.15) is 0 Å². The van der Waals surface area contributed by atoms with Gasteiger partial charge < -0.3 is 10.5 Å². The summed E-state index contributed by atoms with van der Waals surface area (Å²) in [5.41, 5.74) is 5.55. The van der Waals surface area contributed by atoms with Crippen molar-refractivity contribution in [3.8, 4) is 0 Å². The summed E-state index contributed by atoms with van der Waals surface area (Å²) in [5, 5.41) is 0. The molecular formula is C10H14N2O4. The quantitative estimate of drug-likeness (QED) is 0.484. The molecule has 2 aliphatic rings. The molecule has 0 aromatic carbocycles. The van der Waals surface area contributed by atoms with Crippen LogP contribution in [0.1, 0.15) is 13.3 Å². The Morgan fingerprint density at radius 2 is 2.06 bits per heavy atom. The number of nitrogens with two attached hydrogens (primary N) is 1. The zero-order valence-electron chi connectivity index (χ0n) is 9.01. The first-order valence-electron chi connectivity index (χ1n) is 5.33. The molecule has 88 valence electrons. The number of imide groups is 1. The Balaban J connectivity index is 1.92. The first-order valence-corrected chi connectivity index (χ1v) is 5.33.